The fourth-order valence-corrected chi connectivity index (χ4v) is 2.18. The molecule has 19 heavy (non-hydrogen) atoms. The molecular formula is C14H21BrN2O2. The fourth-order valence-electron chi connectivity index (χ4n) is 1.62. The van der Waals surface area contributed by atoms with Crippen LogP contribution in [0.2, 0.25) is 0 Å². The third-order valence-corrected chi connectivity index (χ3v) is 3.86. The quantitative estimate of drug-likeness (QED) is 0.873. The number of carbonyl (C=O) groups is 1. The first-order valence-electron chi connectivity index (χ1n) is 6.26. The summed E-state index contributed by atoms with van der Waals surface area (Å²) in [7, 11) is 1.62. The van der Waals surface area contributed by atoms with Gasteiger partial charge in [-0.25, -0.2) is 0 Å². The van der Waals surface area contributed by atoms with Gasteiger partial charge in [-0.1, -0.05) is 13.0 Å². The number of nitrogens with two attached hydrogens (primary N) is 1. The summed E-state index contributed by atoms with van der Waals surface area (Å²) in [6.45, 7) is 5.61. The summed E-state index contributed by atoms with van der Waals surface area (Å²) in [6.07, 6.45) is 0. The molecule has 5 heteroatoms. The molecule has 106 valence electrons. The van der Waals surface area contributed by atoms with Crippen LogP contribution in [0.5, 0.6) is 5.75 Å². The topological polar surface area (TPSA) is 64.3 Å². The third-order valence-electron chi connectivity index (χ3n) is 3.24. The number of amides is 1. The van der Waals surface area contributed by atoms with Crippen LogP contribution in [0.1, 0.15) is 32.4 Å². The number of hydrogen-bond acceptors (Lipinski definition) is 3. The van der Waals surface area contributed by atoms with E-state index in [2.05, 4.69) is 21.2 Å². The van der Waals surface area contributed by atoms with E-state index in [-0.39, 0.29) is 23.9 Å². The number of nitrogens with one attached hydrogen (secondary N) is 1. The Morgan fingerprint density at radius 2 is 2.00 bits per heavy atom. The van der Waals surface area contributed by atoms with Gasteiger partial charge in [0.25, 0.3) is 0 Å². The van der Waals surface area contributed by atoms with Crippen molar-refractivity contribution < 1.29 is 9.53 Å². The van der Waals surface area contributed by atoms with Gasteiger partial charge in [-0.2, -0.15) is 0 Å². The Morgan fingerprint density at radius 1 is 1.37 bits per heavy atom. The first kappa shape index (κ1) is 16.0. The van der Waals surface area contributed by atoms with Crippen LogP contribution in [0.25, 0.3) is 0 Å². The van der Waals surface area contributed by atoms with Gasteiger partial charge in [-0.15, -0.1) is 0 Å². The predicted molar refractivity (Wildman–Crippen MR) is 80.1 cm³/mol. The number of hydrogen-bond donors (Lipinski definition) is 2. The van der Waals surface area contributed by atoms with Gasteiger partial charge in [0.1, 0.15) is 5.75 Å². The minimum Gasteiger partial charge on any atom is -0.496 e. The lowest BCUT2D eigenvalue weighted by atomic mass is 10.0. The zero-order chi connectivity index (χ0) is 14.6. The highest BCUT2D eigenvalue weighted by Gasteiger charge is 2.19. The molecule has 0 aromatic heterocycles. The first-order chi connectivity index (χ1) is 8.86. The Morgan fingerprint density at radius 3 is 2.47 bits per heavy atom. The first-order valence-corrected chi connectivity index (χ1v) is 7.05. The van der Waals surface area contributed by atoms with Crippen molar-refractivity contribution in [2.45, 2.75) is 32.9 Å². The van der Waals surface area contributed by atoms with Crippen molar-refractivity contribution in [2.24, 2.45) is 11.7 Å². The van der Waals surface area contributed by atoms with Crippen molar-refractivity contribution in [3.05, 3.63) is 28.2 Å². The minimum absolute atomic E-state index is 0.0329. The molecule has 0 aliphatic heterocycles. The molecule has 0 bridgehead atoms. The van der Waals surface area contributed by atoms with Crippen molar-refractivity contribution >= 4 is 21.8 Å². The highest BCUT2D eigenvalue weighted by atomic mass is 79.9. The maximum atomic E-state index is 11.9. The summed E-state index contributed by atoms with van der Waals surface area (Å²) >= 11 is 3.44. The molecule has 1 aromatic rings. The van der Waals surface area contributed by atoms with Crippen LogP contribution < -0.4 is 15.8 Å². The Labute approximate surface area is 122 Å². The van der Waals surface area contributed by atoms with Crippen molar-refractivity contribution in [1.82, 2.24) is 5.32 Å². The molecule has 0 radical (unpaired) electrons. The molecule has 3 atom stereocenters. The average molecular weight is 329 g/mol. The Balaban J connectivity index is 2.76. The number of methoxy groups -OCH3 is 1. The molecule has 3 unspecified atom stereocenters. The van der Waals surface area contributed by atoms with Crippen molar-refractivity contribution in [3.8, 4) is 5.75 Å². The lowest BCUT2D eigenvalue weighted by Gasteiger charge is -2.20. The minimum atomic E-state index is -0.205. The van der Waals surface area contributed by atoms with Crippen LogP contribution in [0.3, 0.4) is 0 Å². The monoisotopic (exact) mass is 328 g/mol. The molecule has 3 N–H and O–H groups in total. The molecule has 0 heterocycles. The molecule has 1 amide bonds. The Hall–Kier alpha value is -1.07. The van der Waals surface area contributed by atoms with Crippen molar-refractivity contribution in [1.29, 1.82) is 0 Å². The largest absolute Gasteiger partial charge is 0.496 e. The third kappa shape index (κ3) is 4.21. The molecule has 0 fully saturated rings. The van der Waals surface area contributed by atoms with Crippen LogP contribution in [0, 0.1) is 5.92 Å². The molecule has 0 spiro atoms. The number of benzene rings is 1. The molecule has 0 aliphatic carbocycles. The number of carbonyl (C=O) groups excluding carboxylic acids is 1. The van der Waals surface area contributed by atoms with E-state index < -0.39 is 0 Å². The van der Waals surface area contributed by atoms with E-state index in [1.165, 1.54) is 0 Å². The molecule has 0 saturated carbocycles. The van der Waals surface area contributed by atoms with Crippen molar-refractivity contribution in [2.75, 3.05) is 7.11 Å². The summed E-state index contributed by atoms with van der Waals surface area (Å²) in [5.41, 5.74) is 6.74. The summed E-state index contributed by atoms with van der Waals surface area (Å²) in [5, 5.41) is 2.96. The summed E-state index contributed by atoms with van der Waals surface area (Å²) in [5.74, 6) is 0.532. The normalized spacial score (nSPS) is 15.5. The van der Waals surface area contributed by atoms with Crippen molar-refractivity contribution in [3.63, 3.8) is 0 Å². The molecule has 0 saturated heterocycles. The zero-order valence-corrected chi connectivity index (χ0v) is 13.3. The second-order valence-corrected chi connectivity index (χ2v) is 5.63. The lowest BCUT2D eigenvalue weighted by molar-refractivity contribution is -0.125. The lowest BCUT2D eigenvalue weighted by Crippen LogP contribution is -2.39. The summed E-state index contributed by atoms with van der Waals surface area (Å²) in [6, 6.07) is 5.52. The highest BCUT2D eigenvalue weighted by Crippen LogP contribution is 2.28. The van der Waals surface area contributed by atoms with Gasteiger partial charge in [0.15, 0.2) is 0 Å². The van der Waals surface area contributed by atoms with E-state index in [1.807, 2.05) is 39.0 Å². The average Bonchev–Trinajstić information content (AvgIpc) is 2.37. The summed E-state index contributed by atoms with van der Waals surface area (Å²) < 4.78 is 6.05. The standard InChI is InChI=1S/C14H21BrN2O2/c1-8(9(2)16)14(18)17-10(3)11-5-6-13(19-4)12(15)7-11/h5-10H,16H2,1-4H3,(H,17,18). The van der Waals surface area contributed by atoms with E-state index >= 15 is 0 Å². The second kappa shape index (κ2) is 6.91. The number of halogens is 1. The van der Waals surface area contributed by atoms with E-state index in [0.29, 0.717) is 0 Å². The smallest absolute Gasteiger partial charge is 0.224 e. The number of rotatable bonds is 5. The van der Waals surface area contributed by atoms with E-state index in [4.69, 9.17) is 10.5 Å². The van der Waals surface area contributed by atoms with Crippen LogP contribution >= 0.6 is 15.9 Å². The van der Waals surface area contributed by atoms with Gasteiger partial charge in [-0.05, 0) is 47.5 Å². The fraction of sp³-hybridized carbons (Fsp3) is 0.500. The molecule has 4 nitrogen and oxygen atoms in total. The van der Waals surface area contributed by atoms with Gasteiger partial charge in [0.2, 0.25) is 5.91 Å². The predicted octanol–water partition coefficient (Wildman–Crippen LogP) is 2.62. The van der Waals surface area contributed by atoms with Gasteiger partial charge in [0.05, 0.1) is 17.6 Å². The molecule has 1 aromatic carbocycles. The van der Waals surface area contributed by atoms with E-state index in [0.717, 1.165) is 15.8 Å². The highest BCUT2D eigenvalue weighted by molar-refractivity contribution is 9.10. The zero-order valence-electron chi connectivity index (χ0n) is 11.7. The van der Waals surface area contributed by atoms with Gasteiger partial charge in [0, 0.05) is 12.0 Å². The van der Waals surface area contributed by atoms with Gasteiger partial charge in [-0.3, -0.25) is 4.79 Å². The SMILES string of the molecule is COc1ccc(C(C)NC(=O)C(C)C(C)N)cc1Br. The molecule has 1 rings (SSSR count). The Kier molecular flexibility index (Phi) is 5.82. The van der Waals surface area contributed by atoms with E-state index in [1.54, 1.807) is 7.11 Å². The summed E-state index contributed by atoms with van der Waals surface area (Å²) in [4.78, 5) is 11.9. The Bertz CT molecular complexity index is 449. The van der Waals surface area contributed by atoms with Crippen LogP contribution in [-0.4, -0.2) is 19.1 Å². The van der Waals surface area contributed by atoms with Gasteiger partial charge >= 0.3 is 0 Å². The number of ether oxygens (including phenoxy) is 1. The van der Waals surface area contributed by atoms with Crippen LogP contribution in [-0.2, 0) is 4.79 Å². The second-order valence-electron chi connectivity index (χ2n) is 4.77. The van der Waals surface area contributed by atoms with E-state index in [9.17, 15) is 4.79 Å². The van der Waals surface area contributed by atoms with Crippen LogP contribution in [0.4, 0.5) is 0 Å². The molecular weight excluding hydrogens is 308 g/mol. The van der Waals surface area contributed by atoms with Crippen LogP contribution in [0.15, 0.2) is 22.7 Å². The maximum absolute atomic E-state index is 11.9. The molecule has 0 aliphatic rings. The maximum Gasteiger partial charge on any atom is 0.224 e. The van der Waals surface area contributed by atoms with Gasteiger partial charge < -0.3 is 15.8 Å².